The van der Waals surface area contributed by atoms with Gasteiger partial charge in [0.05, 0.1) is 17.1 Å². The summed E-state index contributed by atoms with van der Waals surface area (Å²) in [5.41, 5.74) is 12.0. The maximum Gasteiger partial charge on any atom is 0.0702 e. The Kier molecular flexibility index (Phi) is 6.59. The number of nitrogens with zero attached hydrogens (tertiary/aromatic N) is 1. The van der Waals surface area contributed by atoms with E-state index in [1.54, 1.807) is 0 Å². The molecule has 40 heavy (non-hydrogen) atoms. The van der Waals surface area contributed by atoms with Gasteiger partial charge >= 0.3 is 0 Å². The van der Waals surface area contributed by atoms with E-state index in [0.717, 1.165) is 16.9 Å². The van der Waals surface area contributed by atoms with Crippen molar-refractivity contribution < 1.29 is 0 Å². The Labute approximate surface area is 242 Å². The highest BCUT2D eigenvalue weighted by atomic mass is 32.2. The first-order valence-electron chi connectivity index (χ1n) is 14.0. The Bertz CT molecular complexity index is 1710. The van der Waals surface area contributed by atoms with Crippen LogP contribution in [0.4, 0.5) is 11.4 Å². The lowest BCUT2D eigenvalue weighted by atomic mass is 9.81. The van der Waals surface area contributed by atoms with Gasteiger partial charge in [-0.1, -0.05) is 102 Å². The second kappa shape index (κ2) is 9.98. The molecule has 0 fully saturated rings. The van der Waals surface area contributed by atoms with Crippen molar-refractivity contribution in [2.75, 3.05) is 5.32 Å². The molecule has 1 N–H and O–H groups in total. The first-order valence-corrected chi connectivity index (χ1v) is 14.8. The van der Waals surface area contributed by atoms with Crippen LogP contribution in [-0.2, 0) is 10.8 Å². The van der Waals surface area contributed by atoms with Crippen LogP contribution in [-0.4, -0.2) is 4.98 Å². The summed E-state index contributed by atoms with van der Waals surface area (Å²) in [6, 6.07) is 35.4. The van der Waals surface area contributed by atoms with Gasteiger partial charge < -0.3 is 5.32 Å². The zero-order chi connectivity index (χ0) is 28.1. The largest absolute Gasteiger partial charge is 0.353 e. The topological polar surface area (TPSA) is 24.9 Å². The number of rotatable bonds is 3. The van der Waals surface area contributed by atoms with Crippen LogP contribution in [0.1, 0.15) is 52.7 Å². The highest BCUT2D eigenvalue weighted by molar-refractivity contribution is 7.99. The number of para-hydroxylation sites is 2. The van der Waals surface area contributed by atoms with E-state index in [1.807, 2.05) is 24.0 Å². The van der Waals surface area contributed by atoms with Gasteiger partial charge in [0.2, 0.25) is 0 Å². The van der Waals surface area contributed by atoms with Crippen molar-refractivity contribution in [1.29, 1.82) is 0 Å². The predicted molar refractivity (Wildman–Crippen MR) is 172 cm³/mol. The van der Waals surface area contributed by atoms with E-state index < -0.39 is 0 Å². The molecule has 0 saturated heterocycles. The summed E-state index contributed by atoms with van der Waals surface area (Å²) in [6.07, 6.45) is 1.87. The molecule has 2 nitrogen and oxygen atoms in total. The minimum atomic E-state index is -0.000165. The second-order valence-electron chi connectivity index (χ2n) is 12.7. The molecule has 4 aromatic carbocycles. The van der Waals surface area contributed by atoms with E-state index in [0.29, 0.717) is 0 Å². The Morgan fingerprint density at radius 3 is 1.85 bits per heavy atom. The monoisotopic (exact) mass is 540 g/mol. The lowest BCUT2D eigenvalue weighted by Crippen LogP contribution is -2.12. The normalized spacial score (nSPS) is 12.8. The zero-order valence-electron chi connectivity index (χ0n) is 24.2. The summed E-state index contributed by atoms with van der Waals surface area (Å²) in [6.45, 7) is 13.7. The SMILES string of the molecule is CC(C)(C)c1cc(-c2cc(-c3cccc4c3Nc3ccccc3S4)cc(C(C)(C)C)c2)cc(-c2ccccn2)c1. The number of nitrogens with one attached hydrogen (secondary N) is 1. The molecular weight excluding hydrogens is 504 g/mol. The van der Waals surface area contributed by atoms with Crippen LogP contribution in [0.3, 0.4) is 0 Å². The molecule has 200 valence electrons. The Hall–Kier alpha value is -3.82. The summed E-state index contributed by atoms with van der Waals surface area (Å²) >= 11 is 1.84. The molecule has 3 heteroatoms. The molecule has 1 aromatic heterocycles. The fourth-order valence-corrected chi connectivity index (χ4v) is 6.21. The van der Waals surface area contributed by atoms with Crippen molar-refractivity contribution in [2.45, 2.75) is 62.2 Å². The van der Waals surface area contributed by atoms with E-state index in [4.69, 9.17) is 0 Å². The zero-order valence-corrected chi connectivity index (χ0v) is 25.0. The fourth-order valence-electron chi connectivity index (χ4n) is 5.19. The van der Waals surface area contributed by atoms with Gasteiger partial charge in [-0.15, -0.1) is 0 Å². The molecular formula is C37H36N2S. The van der Waals surface area contributed by atoms with E-state index >= 15 is 0 Å². The van der Waals surface area contributed by atoms with Gasteiger partial charge in [0.15, 0.2) is 0 Å². The standard InChI is InChI=1S/C37H36N2S/c1-36(2,3)28-20-24(25-19-27(31-13-9-10-17-38-31)23-29(21-25)37(4,5)6)18-26(22-28)30-12-11-16-34-35(30)39-32-14-7-8-15-33(32)40-34/h7-23,39H,1-6H3. The van der Waals surface area contributed by atoms with Crippen LogP contribution in [0.5, 0.6) is 0 Å². The highest BCUT2D eigenvalue weighted by Crippen LogP contribution is 2.48. The minimum absolute atomic E-state index is 0.000165. The molecule has 0 aliphatic carbocycles. The number of hydrogen-bond donors (Lipinski definition) is 1. The number of hydrogen-bond acceptors (Lipinski definition) is 3. The van der Waals surface area contributed by atoms with Gasteiger partial charge in [0.25, 0.3) is 0 Å². The smallest absolute Gasteiger partial charge is 0.0702 e. The van der Waals surface area contributed by atoms with E-state index in [2.05, 4.69) is 143 Å². The lowest BCUT2D eigenvalue weighted by Gasteiger charge is -2.26. The number of anilines is 2. The van der Waals surface area contributed by atoms with E-state index in [9.17, 15) is 0 Å². The quantitative estimate of drug-likeness (QED) is 0.242. The average Bonchev–Trinajstić information content (AvgIpc) is 2.95. The van der Waals surface area contributed by atoms with Crippen LogP contribution in [0.15, 0.2) is 113 Å². The molecule has 0 bridgehead atoms. The summed E-state index contributed by atoms with van der Waals surface area (Å²) in [5, 5.41) is 3.76. The summed E-state index contributed by atoms with van der Waals surface area (Å²) in [5.74, 6) is 0. The summed E-state index contributed by atoms with van der Waals surface area (Å²) < 4.78 is 0. The molecule has 2 heterocycles. The Morgan fingerprint density at radius 2 is 1.18 bits per heavy atom. The third-order valence-corrected chi connectivity index (χ3v) is 8.73. The van der Waals surface area contributed by atoms with E-state index in [-0.39, 0.29) is 10.8 Å². The van der Waals surface area contributed by atoms with Crippen molar-refractivity contribution in [3.05, 3.63) is 114 Å². The highest BCUT2D eigenvalue weighted by Gasteiger charge is 2.23. The number of pyridine rings is 1. The molecule has 0 saturated carbocycles. The second-order valence-corrected chi connectivity index (χ2v) is 13.8. The van der Waals surface area contributed by atoms with Gasteiger partial charge in [-0.25, -0.2) is 0 Å². The Balaban J connectivity index is 1.55. The third kappa shape index (κ3) is 5.19. The maximum absolute atomic E-state index is 4.68. The van der Waals surface area contributed by atoms with Crippen molar-refractivity contribution in [3.8, 4) is 33.5 Å². The molecule has 0 atom stereocenters. The Morgan fingerprint density at radius 1 is 0.575 bits per heavy atom. The number of fused-ring (bicyclic) bond motifs is 2. The maximum atomic E-state index is 4.68. The molecule has 5 aromatic rings. The van der Waals surface area contributed by atoms with Crippen LogP contribution in [0, 0.1) is 0 Å². The number of benzene rings is 4. The van der Waals surface area contributed by atoms with Gasteiger partial charge in [0, 0.05) is 27.1 Å². The van der Waals surface area contributed by atoms with Crippen LogP contribution >= 0.6 is 11.8 Å². The molecule has 0 spiro atoms. The molecule has 1 aliphatic heterocycles. The van der Waals surface area contributed by atoms with Crippen LogP contribution < -0.4 is 5.32 Å². The lowest BCUT2D eigenvalue weighted by molar-refractivity contribution is 0.589. The van der Waals surface area contributed by atoms with Crippen molar-refractivity contribution >= 4 is 23.1 Å². The van der Waals surface area contributed by atoms with Gasteiger partial charge in [-0.05, 0) is 87.2 Å². The van der Waals surface area contributed by atoms with Crippen molar-refractivity contribution in [2.24, 2.45) is 0 Å². The average molecular weight is 541 g/mol. The molecule has 0 radical (unpaired) electrons. The minimum Gasteiger partial charge on any atom is -0.353 e. The summed E-state index contributed by atoms with van der Waals surface area (Å²) in [7, 11) is 0. The predicted octanol–water partition coefficient (Wildman–Crippen LogP) is 10.9. The first-order chi connectivity index (χ1) is 19.1. The first kappa shape index (κ1) is 26.4. The molecule has 1 aliphatic rings. The van der Waals surface area contributed by atoms with Gasteiger partial charge in [-0.2, -0.15) is 0 Å². The van der Waals surface area contributed by atoms with Crippen molar-refractivity contribution in [3.63, 3.8) is 0 Å². The summed E-state index contributed by atoms with van der Waals surface area (Å²) in [4.78, 5) is 7.20. The van der Waals surface area contributed by atoms with Crippen LogP contribution in [0.25, 0.3) is 33.5 Å². The van der Waals surface area contributed by atoms with Crippen LogP contribution in [0.2, 0.25) is 0 Å². The van der Waals surface area contributed by atoms with Gasteiger partial charge in [0.1, 0.15) is 0 Å². The molecule has 0 amide bonds. The molecule has 0 unspecified atom stereocenters. The number of aromatic nitrogens is 1. The van der Waals surface area contributed by atoms with Gasteiger partial charge in [-0.3, -0.25) is 4.98 Å². The third-order valence-electron chi connectivity index (χ3n) is 7.60. The molecule has 6 rings (SSSR count). The van der Waals surface area contributed by atoms with Crippen molar-refractivity contribution in [1.82, 2.24) is 4.98 Å². The van der Waals surface area contributed by atoms with E-state index in [1.165, 1.54) is 48.9 Å². The fraction of sp³-hybridized carbons (Fsp3) is 0.216.